The molecule has 1 aromatic rings. The molecule has 0 radical (unpaired) electrons. The van der Waals surface area contributed by atoms with Crippen LogP contribution in [-0.4, -0.2) is 19.7 Å². The normalized spacial score (nSPS) is 10.8. The monoisotopic (exact) mass is 355 g/mol. The lowest BCUT2D eigenvalue weighted by molar-refractivity contribution is 0.315. The first-order valence-corrected chi connectivity index (χ1v) is 9.19. The van der Waals surface area contributed by atoms with Crippen molar-refractivity contribution in [2.24, 2.45) is 0 Å². The fourth-order valence-corrected chi connectivity index (χ4v) is 2.80. The van der Waals surface area contributed by atoms with Crippen molar-refractivity contribution >= 4 is 15.9 Å². The molecule has 2 nitrogen and oxygen atoms in total. The van der Waals surface area contributed by atoms with Crippen LogP contribution < -0.4 is 10.1 Å². The van der Waals surface area contributed by atoms with E-state index in [1.807, 2.05) is 0 Å². The number of aryl methyl sites for hydroxylation is 1. The molecule has 0 aliphatic carbocycles. The molecule has 1 N–H and O–H groups in total. The van der Waals surface area contributed by atoms with Crippen LogP contribution in [0.25, 0.3) is 0 Å². The lowest BCUT2D eigenvalue weighted by Crippen LogP contribution is -2.15. The molecule has 0 spiro atoms. The average molecular weight is 356 g/mol. The summed E-state index contributed by atoms with van der Waals surface area (Å²) in [6.07, 6.45) is 8.65. The van der Waals surface area contributed by atoms with E-state index in [0.717, 1.165) is 36.2 Å². The molecule has 0 heterocycles. The Bertz CT molecular complexity index is 381. The van der Waals surface area contributed by atoms with Gasteiger partial charge in [0, 0.05) is 0 Å². The van der Waals surface area contributed by atoms with E-state index in [9.17, 15) is 0 Å². The highest BCUT2D eigenvalue weighted by molar-refractivity contribution is 9.10. The molecular formula is C18H30BrNO. The fraction of sp³-hybridized carbons (Fsp3) is 0.667. The zero-order chi connectivity index (χ0) is 15.3. The Morgan fingerprint density at radius 3 is 2.52 bits per heavy atom. The summed E-state index contributed by atoms with van der Waals surface area (Å²) >= 11 is 3.60. The van der Waals surface area contributed by atoms with Crippen molar-refractivity contribution in [3.05, 3.63) is 28.2 Å². The van der Waals surface area contributed by atoms with Crippen LogP contribution in [0.3, 0.4) is 0 Å². The van der Waals surface area contributed by atoms with Crippen molar-refractivity contribution < 1.29 is 4.74 Å². The van der Waals surface area contributed by atoms with Crippen molar-refractivity contribution in [1.29, 1.82) is 0 Å². The molecule has 0 bridgehead atoms. The average Bonchev–Trinajstić information content (AvgIpc) is 2.49. The number of rotatable bonds is 12. The third-order valence-corrected chi connectivity index (χ3v) is 4.07. The summed E-state index contributed by atoms with van der Waals surface area (Å²) in [6, 6.07) is 6.48. The van der Waals surface area contributed by atoms with E-state index in [2.05, 4.69) is 53.3 Å². The fourth-order valence-electron chi connectivity index (χ4n) is 2.26. The molecule has 0 saturated heterocycles. The van der Waals surface area contributed by atoms with Crippen molar-refractivity contribution in [2.75, 3.05) is 19.7 Å². The van der Waals surface area contributed by atoms with Crippen molar-refractivity contribution in [2.45, 2.75) is 58.8 Å². The highest BCUT2D eigenvalue weighted by Crippen LogP contribution is 2.26. The smallest absolute Gasteiger partial charge is 0.133 e. The molecule has 0 aliphatic rings. The number of unbranched alkanes of at least 4 members (excludes halogenated alkanes) is 3. The van der Waals surface area contributed by atoms with Crippen LogP contribution in [0.5, 0.6) is 5.75 Å². The second-order valence-electron chi connectivity index (χ2n) is 5.53. The van der Waals surface area contributed by atoms with Gasteiger partial charge in [-0.05, 0) is 78.8 Å². The summed E-state index contributed by atoms with van der Waals surface area (Å²) in [5.74, 6) is 0.961. The molecule has 0 aliphatic heterocycles. The minimum atomic E-state index is 0.782. The molecule has 0 unspecified atom stereocenters. The second-order valence-corrected chi connectivity index (χ2v) is 6.38. The molecule has 3 heteroatoms. The first-order valence-electron chi connectivity index (χ1n) is 8.39. The molecule has 0 atom stereocenters. The SMILES string of the molecule is CCCNCCCCCCc1ccc(OCCC)c(Br)c1. The Labute approximate surface area is 138 Å². The van der Waals surface area contributed by atoms with Gasteiger partial charge in [0.2, 0.25) is 0 Å². The maximum Gasteiger partial charge on any atom is 0.133 e. The van der Waals surface area contributed by atoms with Crippen LogP contribution in [0.4, 0.5) is 0 Å². The Kier molecular flexibility index (Phi) is 10.6. The number of hydrogen-bond acceptors (Lipinski definition) is 2. The van der Waals surface area contributed by atoms with E-state index in [1.54, 1.807) is 0 Å². The Balaban J connectivity index is 2.16. The summed E-state index contributed by atoms with van der Waals surface area (Å²) in [5, 5.41) is 3.45. The summed E-state index contributed by atoms with van der Waals surface area (Å²) in [4.78, 5) is 0. The summed E-state index contributed by atoms with van der Waals surface area (Å²) < 4.78 is 6.76. The molecule has 120 valence electrons. The van der Waals surface area contributed by atoms with Crippen LogP contribution >= 0.6 is 15.9 Å². The van der Waals surface area contributed by atoms with E-state index >= 15 is 0 Å². The van der Waals surface area contributed by atoms with E-state index in [0.29, 0.717) is 0 Å². The zero-order valence-corrected chi connectivity index (χ0v) is 15.2. The van der Waals surface area contributed by atoms with Crippen molar-refractivity contribution in [3.63, 3.8) is 0 Å². The van der Waals surface area contributed by atoms with Gasteiger partial charge >= 0.3 is 0 Å². The van der Waals surface area contributed by atoms with E-state index in [4.69, 9.17) is 4.74 Å². The first kappa shape index (κ1) is 18.5. The number of ether oxygens (including phenoxy) is 1. The number of hydrogen-bond donors (Lipinski definition) is 1. The maximum absolute atomic E-state index is 5.68. The zero-order valence-electron chi connectivity index (χ0n) is 13.6. The van der Waals surface area contributed by atoms with Gasteiger partial charge in [0.05, 0.1) is 11.1 Å². The van der Waals surface area contributed by atoms with Gasteiger partial charge in [-0.3, -0.25) is 0 Å². The predicted molar refractivity (Wildman–Crippen MR) is 95.3 cm³/mol. The summed E-state index contributed by atoms with van der Waals surface area (Å²) in [6.45, 7) is 7.44. The minimum Gasteiger partial charge on any atom is -0.492 e. The van der Waals surface area contributed by atoms with Gasteiger partial charge in [-0.2, -0.15) is 0 Å². The molecule has 1 rings (SSSR count). The number of benzene rings is 1. The molecule has 0 saturated carbocycles. The lowest BCUT2D eigenvalue weighted by Gasteiger charge is -2.09. The Morgan fingerprint density at radius 2 is 1.81 bits per heavy atom. The summed E-state index contributed by atoms with van der Waals surface area (Å²) in [7, 11) is 0. The standard InChI is InChI=1S/C18H30BrNO/c1-3-12-20-13-8-6-5-7-9-16-10-11-18(17(19)15-16)21-14-4-2/h10-11,15,20H,3-9,12-14H2,1-2H3. The van der Waals surface area contributed by atoms with Crippen LogP contribution in [-0.2, 0) is 6.42 Å². The van der Waals surface area contributed by atoms with E-state index in [-0.39, 0.29) is 0 Å². The lowest BCUT2D eigenvalue weighted by atomic mass is 10.1. The molecule has 1 aromatic carbocycles. The number of nitrogens with one attached hydrogen (secondary N) is 1. The summed E-state index contributed by atoms with van der Waals surface area (Å²) in [5.41, 5.74) is 1.40. The van der Waals surface area contributed by atoms with E-state index in [1.165, 1.54) is 44.2 Å². The Hall–Kier alpha value is -0.540. The highest BCUT2D eigenvalue weighted by Gasteiger charge is 2.02. The number of halogens is 1. The maximum atomic E-state index is 5.68. The van der Waals surface area contributed by atoms with Crippen molar-refractivity contribution in [1.82, 2.24) is 5.32 Å². The van der Waals surface area contributed by atoms with Gasteiger partial charge in [-0.1, -0.05) is 32.8 Å². The van der Waals surface area contributed by atoms with Crippen LogP contribution in [0.15, 0.2) is 22.7 Å². The Morgan fingerprint density at radius 1 is 1.00 bits per heavy atom. The molecule has 21 heavy (non-hydrogen) atoms. The van der Waals surface area contributed by atoms with Crippen molar-refractivity contribution in [3.8, 4) is 5.75 Å². The molecule has 0 fully saturated rings. The predicted octanol–water partition coefficient (Wildman–Crippen LogP) is 5.34. The molecule has 0 aromatic heterocycles. The molecular weight excluding hydrogens is 326 g/mol. The van der Waals surface area contributed by atoms with Gasteiger partial charge in [0.25, 0.3) is 0 Å². The highest BCUT2D eigenvalue weighted by atomic mass is 79.9. The van der Waals surface area contributed by atoms with Crippen LogP contribution in [0, 0.1) is 0 Å². The quantitative estimate of drug-likeness (QED) is 0.511. The van der Waals surface area contributed by atoms with Gasteiger partial charge in [-0.25, -0.2) is 0 Å². The van der Waals surface area contributed by atoms with Gasteiger partial charge in [0.1, 0.15) is 5.75 Å². The topological polar surface area (TPSA) is 21.3 Å². The third-order valence-electron chi connectivity index (χ3n) is 3.45. The van der Waals surface area contributed by atoms with Crippen LogP contribution in [0.1, 0.15) is 57.9 Å². The third kappa shape index (κ3) is 8.47. The largest absolute Gasteiger partial charge is 0.492 e. The van der Waals surface area contributed by atoms with E-state index < -0.39 is 0 Å². The van der Waals surface area contributed by atoms with Crippen LogP contribution in [0.2, 0.25) is 0 Å². The second kappa shape index (κ2) is 12.0. The van der Waals surface area contributed by atoms with Gasteiger partial charge in [-0.15, -0.1) is 0 Å². The van der Waals surface area contributed by atoms with Gasteiger partial charge < -0.3 is 10.1 Å². The first-order chi connectivity index (χ1) is 10.3. The molecule has 0 amide bonds. The van der Waals surface area contributed by atoms with Gasteiger partial charge in [0.15, 0.2) is 0 Å². The minimum absolute atomic E-state index is 0.782.